The van der Waals surface area contributed by atoms with Gasteiger partial charge < -0.3 is 15.0 Å². The minimum Gasteiger partial charge on any atom is -0.444 e. The fourth-order valence-electron chi connectivity index (χ4n) is 4.29. The molecule has 1 saturated heterocycles. The van der Waals surface area contributed by atoms with Crippen LogP contribution in [0, 0.1) is 0 Å². The number of amides is 1. The molecule has 1 aromatic carbocycles. The number of imidazole rings is 1. The van der Waals surface area contributed by atoms with Crippen LogP contribution in [-0.4, -0.2) is 44.9 Å². The number of benzene rings is 1. The van der Waals surface area contributed by atoms with E-state index in [-0.39, 0.29) is 11.7 Å². The fraction of sp³-hybridized carbons (Fsp3) is 0.458. The SMILES string of the molecule is Cn1c(=O)n(Cc2ccccc2Cl)c2c(N3CCCC(NC(=O)OC(C)(C)C)C3)ccnc21. The highest BCUT2D eigenvalue weighted by Crippen LogP contribution is 2.29. The lowest BCUT2D eigenvalue weighted by Gasteiger charge is -2.35. The van der Waals surface area contributed by atoms with Crippen molar-refractivity contribution in [3.63, 3.8) is 0 Å². The predicted molar refractivity (Wildman–Crippen MR) is 130 cm³/mol. The number of carbonyl (C=O) groups excluding carboxylic acids is 1. The van der Waals surface area contributed by atoms with Crippen LogP contribution in [0.15, 0.2) is 41.3 Å². The van der Waals surface area contributed by atoms with Crippen molar-refractivity contribution in [3.05, 3.63) is 57.6 Å². The minimum absolute atomic E-state index is 0.0516. The van der Waals surface area contributed by atoms with Crippen LogP contribution in [0.25, 0.3) is 11.2 Å². The lowest BCUT2D eigenvalue weighted by molar-refractivity contribution is 0.0500. The molecule has 1 unspecified atom stereocenters. The van der Waals surface area contributed by atoms with Crippen molar-refractivity contribution >= 4 is 34.5 Å². The predicted octanol–water partition coefficient (Wildman–Crippen LogP) is 3.93. The smallest absolute Gasteiger partial charge is 0.407 e. The molecule has 4 rings (SSSR count). The number of alkyl carbamates (subject to hydrolysis) is 1. The number of hydrogen-bond donors (Lipinski definition) is 1. The molecule has 9 heteroatoms. The number of ether oxygens (including phenoxy) is 1. The summed E-state index contributed by atoms with van der Waals surface area (Å²) < 4.78 is 8.72. The number of nitrogens with one attached hydrogen (secondary N) is 1. The summed E-state index contributed by atoms with van der Waals surface area (Å²) >= 11 is 6.39. The normalized spacial score (nSPS) is 16.8. The third-order valence-electron chi connectivity index (χ3n) is 5.76. The number of anilines is 1. The number of aryl methyl sites for hydroxylation is 1. The zero-order chi connectivity index (χ0) is 23.8. The molecule has 1 fully saturated rings. The van der Waals surface area contributed by atoms with Gasteiger partial charge in [0.25, 0.3) is 0 Å². The van der Waals surface area contributed by atoms with E-state index in [0.29, 0.717) is 23.8 Å². The summed E-state index contributed by atoms with van der Waals surface area (Å²) in [5.74, 6) is 0. The lowest BCUT2D eigenvalue weighted by atomic mass is 10.0. The van der Waals surface area contributed by atoms with Crippen LogP contribution in [0.2, 0.25) is 5.02 Å². The Balaban J connectivity index is 1.66. The summed E-state index contributed by atoms with van der Waals surface area (Å²) in [5.41, 5.74) is 2.47. The van der Waals surface area contributed by atoms with E-state index in [1.165, 1.54) is 0 Å². The summed E-state index contributed by atoms with van der Waals surface area (Å²) in [6.07, 6.45) is 3.09. The molecule has 1 N–H and O–H groups in total. The van der Waals surface area contributed by atoms with Crippen molar-refractivity contribution in [1.82, 2.24) is 19.4 Å². The number of piperidine rings is 1. The molecule has 0 spiro atoms. The first-order valence-corrected chi connectivity index (χ1v) is 11.5. The monoisotopic (exact) mass is 471 g/mol. The molecule has 1 aliphatic heterocycles. The van der Waals surface area contributed by atoms with E-state index in [1.807, 2.05) is 51.1 Å². The summed E-state index contributed by atoms with van der Waals surface area (Å²) in [4.78, 5) is 32.1. The molecule has 176 valence electrons. The van der Waals surface area contributed by atoms with E-state index in [1.54, 1.807) is 22.4 Å². The molecule has 1 aliphatic rings. The molecule has 0 bridgehead atoms. The van der Waals surface area contributed by atoms with E-state index in [4.69, 9.17) is 16.3 Å². The zero-order valence-electron chi connectivity index (χ0n) is 19.5. The van der Waals surface area contributed by atoms with Gasteiger partial charge >= 0.3 is 11.8 Å². The maximum Gasteiger partial charge on any atom is 0.407 e. The number of aromatic nitrogens is 3. The molecule has 3 aromatic rings. The lowest BCUT2D eigenvalue weighted by Crippen LogP contribution is -2.49. The van der Waals surface area contributed by atoms with E-state index in [2.05, 4.69) is 15.2 Å². The van der Waals surface area contributed by atoms with E-state index in [9.17, 15) is 9.59 Å². The number of rotatable bonds is 4. The van der Waals surface area contributed by atoms with E-state index < -0.39 is 11.7 Å². The number of hydrogen-bond acceptors (Lipinski definition) is 5. The molecule has 0 radical (unpaired) electrons. The Hall–Kier alpha value is -3.00. The van der Waals surface area contributed by atoms with Crippen molar-refractivity contribution in [3.8, 4) is 0 Å². The average Bonchev–Trinajstić information content (AvgIpc) is 2.99. The van der Waals surface area contributed by atoms with Gasteiger partial charge in [0, 0.05) is 37.4 Å². The molecule has 2 aromatic heterocycles. The summed E-state index contributed by atoms with van der Waals surface area (Å²) in [6.45, 7) is 7.33. The van der Waals surface area contributed by atoms with Gasteiger partial charge in [0.2, 0.25) is 0 Å². The topological polar surface area (TPSA) is 81.4 Å². The van der Waals surface area contributed by atoms with Gasteiger partial charge in [-0.3, -0.25) is 9.13 Å². The number of carbonyl (C=O) groups is 1. The maximum absolute atomic E-state index is 13.1. The van der Waals surface area contributed by atoms with E-state index in [0.717, 1.165) is 36.2 Å². The number of fused-ring (bicyclic) bond motifs is 1. The number of halogens is 1. The van der Waals surface area contributed by atoms with E-state index >= 15 is 0 Å². The van der Waals surface area contributed by atoms with Crippen molar-refractivity contribution < 1.29 is 9.53 Å². The molecule has 1 amide bonds. The molecule has 0 aliphatic carbocycles. The van der Waals surface area contributed by atoms with Crippen LogP contribution < -0.4 is 15.9 Å². The van der Waals surface area contributed by atoms with Crippen molar-refractivity contribution in [2.24, 2.45) is 7.05 Å². The number of nitrogens with zero attached hydrogens (tertiary/aromatic N) is 4. The molecule has 8 nitrogen and oxygen atoms in total. The Bertz CT molecular complexity index is 1230. The number of pyridine rings is 1. The maximum atomic E-state index is 13.1. The highest BCUT2D eigenvalue weighted by Gasteiger charge is 2.27. The first kappa shape index (κ1) is 23.2. The van der Waals surface area contributed by atoms with Gasteiger partial charge in [-0.25, -0.2) is 14.6 Å². The van der Waals surface area contributed by atoms with Crippen LogP contribution >= 0.6 is 11.6 Å². The Morgan fingerprint density at radius 3 is 2.76 bits per heavy atom. The second-order valence-corrected chi connectivity index (χ2v) is 9.86. The second-order valence-electron chi connectivity index (χ2n) is 9.45. The van der Waals surface area contributed by atoms with Gasteiger partial charge in [0.15, 0.2) is 5.65 Å². The zero-order valence-corrected chi connectivity index (χ0v) is 20.2. The minimum atomic E-state index is -0.547. The first-order chi connectivity index (χ1) is 15.6. The van der Waals surface area contributed by atoms with Crippen LogP contribution in [0.3, 0.4) is 0 Å². The Morgan fingerprint density at radius 2 is 2.03 bits per heavy atom. The molecule has 33 heavy (non-hydrogen) atoms. The largest absolute Gasteiger partial charge is 0.444 e. The van der Waals surface area contributed by atoms with Gasteiger partial charge in [0.05, 0.1) is 12.2 Å². The molecular weight excluding hydrogens is 442 g/mol. The quantitative estimate of drug-likeness (QED) is 0.623. The molecule has 3 heterocycles. The standard InChI is InChI=1S/C24H30ClN5O3/c1-24(2,3)33-22(31)27-17-9-7-13-29(15-17)19-11-12-26-21-20(19)30(23(32)28(21)4)14-16-8-5-6-10-18(16)25/h5-6,8,10-12,17H,7,9,13-15H2,1-4H3,(H,27,31). The average molecular weight is 472 g/mol. The summed E-state index contributed by atoms with van der Waals surface area (Å²) in [6, 6.07) is 9.41. The van der Waals surface area contributed by atoms with Gasteiger partial charge in [-0.2, -0.15) is 0 Å². The third-order valence-corrected chi connectivity index (χ3v) is 6.13. The summed E-state index contributed by atoms with van der Waals surface area (Å²) in [5, 5.41) is 3.61. The van der Waals surface area contributed by atoms with Crippen LogP contribution in [-0.2, 0) is 18.3 Å². The van der Waals surface area contributed by atoms with Crippen LogP contribution in [0.5, 0.6) is 0 Å². The van der Waals surface area contributed by atoms with Crippen LogP contribution in [0.1, 0.15) is 39.2 Å². The van der Waals surface area contributed by atoms with Crippen molar-refractivity contribution in [2.75, 3.05) is 18.0 Å². The Morgan fingerprint density at radius 1 is 1.27 bits per heavy atom. The highest BCUT2D eigenvalue weighted by molar-refractivity contribution is 6.31. The van der Waals surface area contributed by atoms with Crippen molar-refractivity contribution in [2.45, 2.75) is 51.8 Å². The Kier molecular flexibility index (Phi) is 6.38. The first-order valence-electron chi connectivity index (χ1n) is 11.2. The second kappa shape index (κ2) is 9.09. The molecular formula is C24H30ClN5O3. The van der Waals surface area contributed by atoms with Crippen LogP contribution in [0.4, 0.5) is 10.5 Å². The fourth-order valence-corrected chi connectivity index (χ4v) is 4.49. The third kappa shape index (κ3) is 5.00. The Labute approximate surface area is 198 Å². The highest BCUT2D eigenvalue weighted by atomic mass is 35.5. The van der Waals surface area contributed by atoms with Gasteiger partial charge in [-0.05, 0) is 51.3 Å². The summed E-state index contributed by atoms with van der Waals surface area (Å²) in [7, 11) is 1.73. The van der Waals surface area contributed by atoms with Gasteiger partial charge in [0.1, 0.15) is 11.1 Å². The van der Waals surface area contributed by atoms with Gasteiger partial charge in [-0.1, -0.05) is 29.8 Å². The van der Waals surface area contributed by atoms with Gasteiger partial charge in [-0.15, -0.1) is 0 Å². The molecule has 0 saturated carbocycles. The molecule has 1 atom stereocenters. The van der Waals surface area contributed by atoms with Crippen molar-refractivity contribution in [1.29, 1.82) is 0 Å².